The van der Waals surface area contributed by atoms with Crippen LogP contribution in [0.4, 0.5) is 4.79 Å². The number of carbonyl (C=O) groups is 4. The van der Waals surface area contributed by atoms with Crippen molar-refractivity contribution < 1.29 is 28.7 Å². The number of amides is 3. The first-order valence-corrected chi connectivity index (χ1v) is 5.85. The first-order valence-electron chi connectivity index (χ1n) is 5.85. The second-order valence-electron chi connectivity index (χ2n) is 3.94. The molecule has 1 aromatic rings. The molecule has 0 aliphatic carbocycles. The van der Waals surface area contributed by atoms with E-state index in [2.05, 4.69) is 4.74 Å². The molecule has 21 heavy (non-hydrogen) atoms. The van der Waals surface area contributed by atoms with Gasteiger partial charge in [0.2, 0.25) is 0 Å². The van der Waals surface area contributed by atoms with E-state index in [4.69, 9.17) is 10.5 Å². The number of nitrogens with two attached hydrogens (primary N) is 1. The van der Waals surface area contributed by atoms with Gasteiger partial charge < -0.3 is 15.2 Å². The molecule has 8 nitrogen and oxygen atoms in total. The molecule has 0 aromatic heterocycles. The van der Waals surface area contributed by atoms with Crippen molar-refractivity contribution in [1.29, 1.82) is 0 Å². The van der Waals surface area contributed by atoms with E-state index >= 15 is 0 Å². The Bertz CT molecular complexity index is 584. The van der Waals surface area contributed by atoms with Crippen molar-refractivity contribution in [2.75, 3.05) is 7.11 Å². The molecule has 0 saturated heterocycles. The van der Waals surface area contributed by atoms with E-state index in [1.807, 2.05) is 0 Å². The maximum Gasteiger partial charge on any atom is 0.339 e. The number of urea groups is 1. The summed E-state index contributed by atoms with van der Waals surface area (Å²) in [4.78, 5) is 45.4. The van der Waals surface area contributed by atoms with Crippen LogP contribution in [0.3, 0.4) is 0 Å². The van der Waals surface area contributed by atoms with Gasteiger partial charge in [0.1, 0.15) is 0 Å². The van der Waals surface area contributed by atoms with Gasteiger partial charge in [0, 0.05) is 0 Å². The molecule has 3 N–H and O–H groups in total. The van der Waals surface area contributed by atoms with Crippen LogP contribution in [0.5, 0.6) is 0 Å². The number of ether oxygens (including phenoxy) is 2. The van der Waals surface area contributed by atoms with E-state index in [1.54, 1.807) is 11.4 Å². The molecule has 1 rings (SSSR count). The number of hydrogen-bond donors (Lipinski definition) is 2. The number of rotatable bonds is 4. The summed E-state index contributed by atoms with van der Waals surface area (Å²) in [7, 11) is 1.17. The lowest BCUT2D eigenvalue weighted by atomic mass is 10.1. The number of methoxy groups -OCH3 is 1. The number of esters is 2. The van der Waals surface area contributed by atoms with Crippen molar-refractivity contribution in [1.82, 2.24) is 5.32 Å². The van der Waals surface area contributed by atoms with E-state index in [0.717, 1.165) is 0 Å². The Hall–Kier alpha value is -2.90. The maximum absolute atomic E-state index is 12.0. The Morgan fingerprint density at radius 1 is 1.10 bits per heavy atom. The monoisotopic (exact) mass is 294 g/mol. The second kappa shape index (κ2) is 7.04. The SMILES string of the molecule is COC(=O)c1ccccc1C(=O)OC(C)C(=O)NC(N)=O. The highest BCUT2D eigenvalue weighted by Gasteiger charge is 2.23. The van der Waals surface area contributed by atoms with Gasteiger partial charge in [0.25, 0.3) is 5.91 Å². The zero-order chi connectivity index (χ0) is 16.0. The van der Waals surface area contributed by atoms with Gasteiger partial charge in [-0.3, -0.25) is 10.1 Å². The van der Waals surface area contributed by atoms with E-state index in [0.29, 0.717) is 0 Å². The Kier molecular flexibility index (Phi) is 5.41. The molecule has 1 unspecified atom stereocenters. The Morgan fingerprint density at radius 2 is 1.62 bits per heavy atom. The molecule has 0 aliphatic rings. The van der Waals surface area contributed by atoms with Crippen LogP contribution in [0.1, 0.15) is 27.6 Å². The van der Waals surface area contributed by atoms with Crippen LogP contribution in [0.2, 0.25) is 0 Å². The van der Waals surface area contributed by atoms with Crippen LogP contribution < -0.4 is 11.1 Å². The first-order chi connectivity index (χ1) is 9.86. The number of nitrogens with one attached hydrogen (secondary N) is 1. The van der Waals surface area contributed by atoms with Gasteiger partial charge in [-0.05, 0) is 19.1 Å². The van der Waals surface area contributed by atoms with Gasteiger partial charge in [-0.2, -0.15) is 0 Å². The van der Waals surface area contributed by atoms with Crippen LogP contribution >= 0.6 is 0 Å². The third-order valence-corrected chi connectivity index (χ3v) is 2.45. The van der Waals surface area contributed by atoms with Gasteiger partial charge in [-0.15, -0.1) is 0 Å². The van der Waals surface area contributed by atoms with Gasteiger partial charge in [-0.1, -0.05) is 12.1 Å². The van der Waals surface area contributed by atoms with Crippen molar-refractivity contribution >= 4 is 23.9 Å². The molecule has 0 aliphatic heterocycles. The van der Waals surface area contributed by atoms with Gasteiger partial charge in [0.15, 0.2) is 6.10 Å². The summed E-state index contributed by atoms with van der Waals surface area (Å²) in [5.74, 6) is -2.48. The predicted octanol–water partition coefficient (Wildman–Crippen LogP) is 0.213. The van der Waals surface area contributed by atoms with E-state index < -0.39 is 30.0 Å². The summed E-state index contributed by atoms with van der Waals surface area (Å²) in [6, 6.07) is 4.76. The highest BCUT2D eigenvalue weighted by molar-refractivity contribution is 6.04. The molecule has 1 aromatic carbocycles. The van der Waals surface area contributed by atoms with Crippen LogP contribution in [0.15, 0.2) is 24.3 Å². The molecule has 1 atom stereocenters. The number of primary amides is 1. The van der Waals surface area contributed by atoms with Crippen molar-refractivity contribution in [3.8, 4) is 0 Å². The zero-order valence-corrected chi connectivity index (χ0v) is 11.4. The zero-order valence-electron chi connectivity index (χ0n) is 11.4. The summed E-state index contributed by atoms with van der Waals surface area (Å²) in [5.41, 5.74) is 4.74. The fourth-order valence-corrected chi connectivity index (χ4v) is 1.45. The van der Waals surface area contributed by atoms with Crippen molar-refractivity contribution in [3.05, 3.63) is 35.4 Å². The summed E-state index contributed by atoms with van der Waals surface area (Å²) >= 11 is 0. The Labute approximate surface area is 120 Å². The predicted molar refractivity (Wildman–Crippen MR) is 70.4 cm³/mol. The van der Waals surface area contributed by atoms with Crippen molar-refractivity contribution in [2.45, 2.75) is 13.0 Å². The Morgan fingerprint density at radius 3 is 2.10 bits per heavy atom. The summed E-state index contributed by atoms with van der Waals surface area (Å²) in [5, 5.41) is 1.78. The largest absolute Gasteiger partial charge is 0.465 e. The topological polar surface area (TPSA) is 125 Å². The lowest BCUT2D eigenvalue weighted by Crippen LogP contribution is -2.42. The third-order valence-electron chi connectivity index (χ3n) is 2.45. The molecule has 0 fully saturated rings. The van der Waals surface area contributed by atoms with Crippen molar-refractivity contribution in [3.63, 3.8) is 0 Å². The summed E-state index contributed by atoms with van der Waals surface area (Å²) in [6.45, 7) is 1.26. The molecule has 112 valence electrons. The molecule has 8 heteroatoms. The van der Waals surface area contributed by atoms with Gasteiger partial charge in [-0.25, -0.2) is 14.4 Å². The van der Waals surface area contributed by atoms with E-state index in [-0.39, 0.29) is 11.1 Å². The average Bonchev–Trinajstić information content (AvgIpc) is 2.45. The maximum atomic E-state index is 12.0. The minimum atomic E-state index is -1.25. The van der Waals surface area contributed by atoms with Crippen LogP contribution in [0, 0.1) is 0 Å². The molecule has 0 heterocycles. The quantitative estimate of drug-likeness (QED) is 0.765. The number of benzene rings is 1. The third kappa shape index (κ3) is 4.30. The normalized spacial score (nSPS) is 11.1. The smallest absolute Gasteiger partial charge is 0.339 e. The molecule has 3 amide bonds. The Balaban J connectivity index is 2.88. The second-order valence-corrected chi connectivity index (χ2v) is 3.94. The van der Waals surface area contributed by atoms with Crippen LogP contribution in [0.25, 0.3) is 0 Å². The lowest BCUT2D eigenvalue weighted by Gasteiger charge is -2.13. The molecule has 0 radical (unpaired) electrons. The highest BCUT2D eigenvalue weighted by atomic mass is 16.5. The number of imide groups is 1. The molecule has 0 spiro atoms. The molecular formula is C13H14N2O6. The fourth-order valence-electron chi connectivity index (χ4n) is 1.45. The van der Waals surface area contributed by atoms with E-state index in [9.17, 15) is 19.2 Å². The van der Waals surface area contributed by atoms with Crippen LogP contribution in [-0.4, -0.2) is 37.1 Å². The van der Waals surface area contributed by atoms with Gasteiger partial charge in [0.05, 0.1) is 18.2 Å². The lowest BCUT2D eigenvalue weighted by molar-refractivity contribution is -0.127. The van der Waals surface area contributed by atoms with Crippen LogP contribution in [-0.2, 0) is 14.3 Å². The minimum Gasteiger partial charge on any atom is -0.465 e. The summed E-state index contributed by atoms with van der Waals surface area (Å²) in [6.07, 6.45) is -1.25. The average molecular weight is 294 g/mol. The standard InChI is InChI=1S/C13H14N2O6/c1-7(10(16)15-13(14)19)21-12(18)9-6-4-3-5-8(9)11(17)20-2/h3-7H,1-2H3,(H3,14,15,16,19). The molecule has 0 bridgehead atoms. The molecular weight excluding hydrogens is 280 g/mol. The highest BCUT2D eigenvalue weighted by Crippen LogP contribution is 2.12. The van der Waals surface area contributed by atoms with Gasteiger partial charge >= 0.3 is 18.0 Å². The summed E-state index contributed by atoms with van der Waals surface area (Å²) < 4.78 is 9.41. The number of carbonyl (C=O) groups excluding carboxylic acids is 4. The van der Waals surface area contributed by atoms with E-state index in [1.165, 1.54) is 32.2 Å². The first kappa shape index (κ1) is 16.2. The minimum absolute atomic E-state index is 0.00695. The molecule has 0 saturated carbocycles. The van der Waals surface area contributed by atoms with Crippen molar-refractivity contribution in [2.24, 2.45) is 5.73 Å². The number of hydrogen-bond acceptors (Lipinski definition) is 6. The fraction of sp³-hybridized carbons (Fsp3) is 0.231.